The molecule has 2 aromatic rings. The number of hydrogen-bond donors (Lipinski definition) is 2. The maximum Gasteiger partial charge on any atom is 0.287 e. The summed E-state index contributed by atoms with van der Waals surface area (Å²) in [5.41, 5.74) is 7.86. The molecule has 1 aromatic carbocycles. The van der Waals surface area contributed by atoms with Crippen LogP contribution in [0.25, 0.3) is 0 Å². The van der Waals surface area contributed by atoms with E-state index in [1.807, 2.05) is 24.3 Å². The molecule has 3 rings (SSSR count). The number of benzene rings is 1. The first-order valence-corrected chi connectivity index (χ1v) is 6.54. The first-order valence-electron chi connectivity index (χ1n) is 6.54. The van der Waals surface area contributed by atoms with Crippen LogP contribution < -0.4 is 10.6 Å². The van der Waals surface area contributed by atoms with E-state index in [0.717, 1.165) is 11.3 Å². The van der Waals surface area contributed by atoms with Crippen molar-refractivity contribution in [2.45, 2.75) is 12.5 Å². The molecule has 1 amide bonds. The summed E-state index contributed by atoms with van der Waals surface area (Å²) in [6, 6.07) is 8.65. The molecule has 1 aromatic heterocycles. The van der Waals surface area contributed by atoms with Gasteiger partial charge in [0.15, 0.2) is 0 Å². The molecule has 0 saturated heterocycles. The Bertz CT molecular complexity index is 710. The number of rotatable bonds is 2. The number of para-hydroxylation sites is 1. The number of anilines is 1. The van der Waals surface area contributed by atoms with Gasteiger partial charge in [-0.1, -0.05) is 18.2 Å². The maximum absolute atomic E-state index is 12.6. The minimum atomic E-state index is -0.539. The second-order valence-electron chi connectivity index (χ2n) is 5.04. The van der Waals surface area contributed by atoms with Gasteiger partial charge < -0.3 is 15.6 Å². The van der Waals surface area contributed by atoms with E-state index >= 15 is 0 Å². The van der Waals surface area contributed by atoms with Crippen LogP contribution >= 0.6 is 0 Å². The number of nitrogens with one attached hydrogen (secondary N) is 1. The van der Waals surface area contributed by atoms with Crippen LogP contribution in [0, 0.1) is 10.1 Å². The molecule has 7 nitrogen and oxygen atoms in total. The number of amides is 1. The van der Waals surface area contributed by atoms with Gasteiger partial charge in [0.1, 0.15) is 5.69 Å². The van der Waals surface area contributed by atoms with Crippen LogP contribution in [0.1, 0.15) is 16.1 Å². The topological polar surface area (TPSA) is 105 Å². The van der Waals surface area contributed by atoms with E-state index < -0.39 is 4.92 Å². The van der Waals surface area contributed by atoms with Gasteiger partial charge >= 0.3 is 0 Å². The summed E-state index contributed by atoms with van der Waals surface area (Å²) < 4.78 is 0. The van der Waals surface area contributed by atoms with Gasteiger partial charge in [0.25, 0.3) is 11.6 Å². The van der Waals surface area contributed by atoms with Gasteiger partial charge in [-0.25, -0.2) is 0 Å². The van der Waals surface area contributed by atoms with Crippen LogP contribution in [0.3, 0.4) is 0 Å². The summed E-state index contributed by atoms with van der Waals surface area (Å²) in [6.07, 6.45) is 1.92. The van der Waals surface area contributed by atoms with Crippen LogP contribution in [0.2, 0.25) is 0 Å². The molecule has 0 spiro atoms. The average molecular weight is 286 g/mol. The molecule has 1 aliphatic heterocycles. The van der Waals surface area contributed by atoms with Crippen molar-refractivity contribution < 1.29 is 9.72 Å². The first kappa shape index (κ1) is 13.3. The molecule has 2 heterocycles. The van der Waals surface area contributed by atoms with Crippen molar-refractivity contribution in [2.75, 3.05) is 11.4 Å². The lowest BCUT2D eigenvalue weighted by molar-refractivity contribution is -0.384. The largest absolute Gasteiger partial charge is 0.351 e. The minimum Gasteiger partial charge on any atom is -0.351 e. The summed E-state index contributed by atoms with van der Waals surface area (Å²) >= 11 is 0. The fourth-order valence-corrected chi connectivity index (χ4v) is 2.58. The number of nitrogens with zero attached hydrogens (tertiary/aromatic N) is 2. The molecule has 1 aliphatic rings. The Kier molecular flexibility index (Phi) is 3.19. The minimum absolute atomic E-state index is 0.132. The number of nitro groups is 1. The molecule has 0 radical (unpaired) electrons. The molecule has 0 bridgehead atoms. The van der Waals surface area contributed by atoms with Gasteiger partial charge in [-0.3, -0.25) is 14.9 Å². The van der Waals surface area contributed by atoms with Crippen molar-refractivity contribution >= 4 is 17.3 Å². The normalized spacial score (nSPS) is 17.4. The SMILES string of the molecule is NC1Cc2ccccc2N(C(=O)c2cc([N+](=O)[O-])c[nH]2)C1. The van der Waals surface area contributed by atoms with Crippen LogP contribution in [0.4, 0.5) is 11.4 Å². The molecular formula is C14H14N4O3. The highest BCUT2D eigenvalue weighted by Gasteiger charge is 2.28. The highest BCUT2D eigenvalue weighted by molar-refractivity contribution is 6.06. The summed E-state index contributed by atoms with van der Waals surface area (Å²) in [6.45, 7) is 0.392. The van der Waals surface area contributed by atoms with Gasteiger partial charge in [-0.15, -0.1) is 0 Å². The number of aromatic nitrogens is 1. The van der Waals surface area contributed by atoms with E-state index in [9.17, 15) is 14.9 Å². The van der Waals surface area contributed by atoms with E-state index in [-0.39, 0.29) is 23.3 Å². The van der Waals surface area contributed by atoms with Crippen LogP contribution in [-0.2, 0) is 6.42 Å². The number of hydrogen-bond acceptors (Lipinski definition) is 4. The van der Waals surface area contributed by atoms with Crippen molar-refractivity contribution in [1.82, 2.24) is 4.98 Å². The number of H-pyrrole nitrogens is 1. The molecule has 108 valence electrons. The van der Waals surface area contributed by atoms with Crippen molar-refractivity contribution in [1.29, 1.82) is 0 Å². The highest BCUT2D eigenvalue weighted by atomic mass is 16.6. The number of carbonyl (C=O) groups excluding carboxylic acids is 1. The van der Waals surface area contributed by atoms with Gasteiger partial charge in [-0.2, -0.15) is 0 Å². The lowest BCUT2D eigenvalue weighted by atomic mass is 9.98. The van der Waals surface area contributed by atoms with Crippen LogP contribution in [-0.4, -0.2) is 28.4 Å². The first-order chi connectivity index (χ1) is 10.1. The second kappa shape index (κ2) is 5.02. The van der Waals surface area contributed by atoms with Crippen molar-refractivity contribution in [3.8, 4) is 0 Å². The lowest BCUT2D eigenvalue weighted by Crippen LogP contribution is -2.46. The van der Waals surface area contributed by atoms with Crippen molar-refractivity contribution in [3.63, 3.8) is 0 Å². The number of carbonyl (C=O) groups is 1. The van der Waals surface area contributed by atoms with Gasteiger partial charge in [-0.05, 0) is 18.1 Å². The molecular weight excluding hydrogens is 272 g/mol. The third-order valence-corrected chi connectivity index (χ3v) is 3.54. The maximum atomic E-state index is 12.6. The summed E-state index contributed by atoms with van der Waals surface area (Å²) in [7, 11) is 0. The Hall–Kier alpha value is -2.67. The third-order valence-electron chi connectivity index (χ3n) is 3.54. The molecule has 1 unspecified atom stereocenters. The highest BCUT2D eigenvalue weighted by Crippen LogP contribution is 2.28. The molecule has 21 heavy (non-hydrogen) atoms. The van der Waals surface area contributed by atoms with E-state index in [1.54, 1.807) is 4.90 Å². The predicted molar refractivity (Wildman–Crippen MR) is 77.2 cm³/mol. The second-order valence-corrected chi connectivity index (χ2v) is 5.04. The van der Waals surface area contributed by atoms with Crippen molar-refractivity contribution in [2.24, 2.45) is 5.73 Å². The molecule has 0 fully saturated rings. The molecule has 3 N–H and O–H groups in total. The number of nitrogens with two attached hydrogens (primary N) is 1. The quantitative estimate of drug-likeness (QED) is 0.643. The van der Waals surface area contributed by atoms with Crippen molar-refractivity contribution in [3.05, 3.63) is 57.9 Å². The molecule has 0 aliphatic carbocycles. The van der Waals surface area contributed by atoms with E-state index in [0.29, 0.717) is 13.0 Å². The predicted octanol–water partition coefficient (Wildman–Crippen LogP) is 1.45. The van der Waals surface area contributed by atoms with E-state index in [1.165, 1.54) is 12.3 Å². The van der Waals surface area contributed by atoms with Crippen LogP contribution in [0.5, 0.6) is 0 Å². The van der Waals surface area contributed by atoms with Gasteiger partial charge in [0.05, 0.1) is 11.1 Å². The monoisotopic (exact) mass is 286 g/mol. The Morgan fingerprint density at radius 1 is 1.43 bits per heavy atom. The van der Waals surface area contributed by atoms with Gasteiger partial charge in [0, 0.05) is 24.3 Å². The Labute approximate surface area is 120 Å². The Morgan fingerprint density at radius 3 is 2.90 bits per heavy atom. The third kappa shape index (κ3) is 2.38. The Morgan fingerprint density at radius 2 is 2.19 bits per heavy atom. The zero-order chi connectivity index (χ0) is 15.0. The summed E-state index contributed by atoms with van der Waals surface area (Å²) in [5, 5.41) is 10.7. The van der Waals surface area contributed by atoms with Gasteiger partial charge in [0.2, 0.25) is 0 Å². The smallest absolute Gasteiger partial charge is 0.287 e. The fraction of sp³-hybridized carbons (Fsp3) is 0.214. The van der Waals surface area contributed by atoms with Crippen LogP contribution in [0.15, 0.2) is 36.5 Å². The Balaban J connectivity index is 1.95. The fourth-order valence-electron chi connectivity index (χ4n) is 2.58. The molecule has 7 heteroatoms. The number of fused-ring (bicyclic) bond motifs is 1. The lowest BCUT2D eigenvalue weighted by Gasteiger charge is -2.32. The zero-order valence-corrected chi connectivity index (χ0v) is 11.2. The summed E-state index contributed by atoms with van der Waals surface area (Å²) in [4.78, 5) is 27.0. The number of aromatic amines is 1. The molecule has 1 atom stereocenters. The standard InChI is InChI=1S/C14H14N4O3/c15-10-5-9-3-1-2-4-13(9)17(8-10)14(19)12-6-11(7-16-12)18(20)21/h1-4,6-7,10,16H,5,8,15H2. The molecule has 0 saturated carbocycles. The van der Waals surface area contributed by atoms with E-state index in [4.69, 9.17) is 5.73 Å². The zero-order valence-electron chi connectivity index (χ0n) is 11.2. The van der Waals surface area contributed by atoms with E-state index in [2.05, 4.69) is 4.98 Å². The average Bonchev–Trinajstić information content (AvgIpc) is 2.95. The summed E-state index contributed by atoms with van der Waals surface area (Å²) in [5.74, 6) is -0.314.